The maximum Gasteiger partial charge on any atom is 0.338 e. The number of nitrogens with one attached hydrogen (secondary N) is 1. The maximum absolute atomic E-state index is 12.1. The predicted octanol–water partition coefficient (Wildman–Crippen LogP) is 2.56. The third-order valence-corrected chi connectivity index (χ3v) is 4.18. The fourth-order valence-corrected chi connectivity index (χ4v) is 2.80. The van der Waals surface area contributed by atoms with E-state index in [2.05, 4.69) is 5.32 Å². The van der Waals surface area contributed by atoms with E-state index in [9.17, 15) is 14.7 Å². The molecule has 6 nitrogen and oxygen atoms in total. The van der Waals surface area contributed by atoms with E-state index >= 15 is 0 Å². The van der Waals surface area contributed by atoms with Gasteiger partial charge in [-0.05, 0) is 26.3 Å². The number of methoxy groups -OCH3 is 1. The van der Waals surface area contributed by atoms with Crippen LogP contribution in [0.15, 0.2) is 0 Å². The van der Waals surface area contributed by atoms with Crippen LogP contribution in [0, 0.1) is 13.8 Å². The van der Waals surface area contributed by atoms with Crippen molar-refractivity contribution in [2.24, 2.45) is 0 Å². The van der Waals surface area contributed by atoms with E-state index in [0.717, 1.165) is 4.88 Å². The largest absolute Gasteiger partial charge is 0.478 e. The smallest absolute Gasteiger partial charge is 0.338 e. The Bertz CT molecular complexity index is 499. The molecule has 1 aromatic heterocycles. The molecule has 0 unspecified atom stereocenters. The third kappa shape index (κ3) is 3.71. The minimum absolute atomic E-state index is 0.170. The average Bonchev–Trinajstić information content (AvgIpc) is 2.65. The first-order valence-corrected chi connectivity index (χ1v) is 7.12. The number of carbonyl (C=O) groups is 2. The monoisotopic (exact) mass is 300 g/mol. The first-order valence-electron chi connectivity index (χ1n) is 6.30. The van der Waals surface area contributed by atoms with Crippen LogP contribution in [0.25, 0.3) is 0 Å². The van der Waals surface area contributed by atoms with Gasteiger partial charge in [0, 0.05) is 25.1 Å². The van der Waals surface area contributed by atoms with Gasteiger partial charge in [-0.3, -0.25) is 5.32 Å². The van der Waals surface area contributed by atoms with Gasteiger partial charge in [-0.25, -0.2) is 9.59 Å². The minimum atomic E-state index is -1.03. The molecule has 0 aliphatic rings. The quantitative estimate of drug-likeness (QED) is 0.846. The molecule has 0 aliphatic heterocycles. The molecule has 0 aromatic carbocycles. The van der Waals surface area contributed by atoms with Gasteiger partial charge in [-0.1, -0.05) is 0 Å². The van der Waals surface area contributed by atoms with Crippen molar-refractivity contribution >= 4 is 28.3 Å². The number of urea groups is 1. The Morgan fingerprint density at radius 3 is 2.55 bits per heavy atom. The van der Waals surface area contributed by atoms with Crippen molar-refractivity contribution in [3.63, 3.8) is 0 Å². The van der Waals surface area contributed by atoms with Crippen LogP contribution >= 0.6 is 11.3 Å². The lowest BCUT2D eigenvalue weighted by atomic mass is 10.1. The first-order chi connectivity index (χ1) is 9.42. The second-order valence-corrected chi connectivity index (χ2v) is 5.52. The SMILES string of the molecule is CCN(CCOC)C(=O)Nc1sc(C)c(C)c1C(=O)O. The normalized spacial score (nSPS) is 10.4. The molecule has 20 heavy (non-hydrogen) atoms. The molecular weight excluding hydrogens is 280 g/mol. The van der Waals surface area contributed by atoms with E-state index in [1.807, 2.05) is 13.8 Å². The Morgan fingerprint density at radius 2 is 2.05 bits per heavy atom. The first kappa shape index (κ1) is 16.5. The molecule has 0 aliphatic carbocycles. The molecular formula is C13H20N2O4S. The van der Waals surface area contributed by atoms with E-state index < -0.39 is 5.97 Å². The van der Waals surface area contributed by atoms with Crippen LogP contribution in [-0.2, 0) is 4.74 Å². The minimum Gasteiger partial charge on any atom is -0.478 e. The van der Waals surface area contributed by atoms with E-state index in [1.54, 1.807) is 18.9 Å². The summed E-state index contributed by atoms with van der Waals surface area (Å²) in [6.45, 7) is 6.87. The summed E-state index contributed by atoms with van der Waals surface area (Å²) in [6, 6.07) is -0.312. The van der Waals surface area contributed by atoms with Crippen LogP contribution in [0.4, 0.5) is 9.80 Å². The van der Waals surface area contributed by atoms with Crippen LogP contribution in [0.1, 0.15) is 27.7 Å². The van der Waals surface area contributed by atoms with E-state index in [0.29, 0.717) is 30.3 Å². The van der Waals surface area contributed by atoms with Crippen molar-refractivity contribution in [3.8, 4) is 0 Å². The van der Waals surface area contributed by atoms with Crippen LogP contribution in [0.2, 0.25) is 0 Å². The molecule has 112 valence electrons. The molecule has 0 radical (unpaired) electrons. The number of likely N-dealkylation sites (N-methyl/N-ethyl adjacent to an activating group) is 1. The molecule has 0 fully saturated rings. The number of nitrogens with zero attached hydrogens (tertiary/aromatic N) is 1. The number of aromatic carboxylic acids is 1. The molecule has 0 bridgehead atoms. The number of rotatable bonds is 6. The van der Waals surface area contributed by atoms with Crippen molar-refractivity contribution < 1.29 is 19.4 Å². The molecule has 0 saturated heterocycles. The molecule has 0 spiro atoms. The standard InChI is InChI=1S/C13H20N2O4S/c1-5-15(6-7-19-4)13(18)14-11-10(12(16)17)8(2)9(3)20-11/h5-7H2,1-4H3,(H,14,18)(H,16,17). The zero-order valence-corrected chi connectivity index (χ0v) is 13.0. The summed E-state index contributed by atoms with van der Waals surface area (Å²) in [4.78, 5) is 25.8. The highest BCUT2D eigenvalue weighted by Crippen LogP contribution is 2.32. The summed E-state index contributed by atoms with van der Waals surface area (Å²) >= 11 is 1.28. The molecule has 1 heterocycles. The second kappa shape index (κ2) is 7.25. The number of carbonyl (C=O) groups excluding carboxylic acids is 1. The number of carboxylic acids is 1. The number of anilines is 1. The maximum atomic E-state index is 12.1. The molecule has 2 amide bonds. The van der Waals surface area contributed by atoms with Gasteiger partial charge < -0.3 is 14.7 Å². The van der Waals surface area contributed by atoms with Crippen LogP contribution in [-0.4, -0.2) is 48.8 Å². The molecule has 0 atom stereocenters. The zero-order chi connectivity index (χ0) is 15.3. The summed E-state index contributed by atoms with van der Waals surface area (Å²) in [5, 5.41) is 12.3. The average molecular weight is 300 g/mol. The Kier molecular flexibility index (Phi) is 5.97. The number of aryl methyl sites for hydroxylation is 1. The number of hydrogen-bond acceptors (Lipinski definition) is 4. The second-order valence-electron chi connectivity index (χ2n) is 4.30. The lowest BCUT2D eigenvalue weighted by molar-refractivity contribution is 0.0697. The Morgan fingerprint density at radius 1 is 1.40 bits per heavy atom. The summed E-state index contributed by atoms with van der Waals surface area (Å²) in [5.74, 6) is -1.03. The van der Waals surface area contributed by atoms with Crippen molar-refractivity contribution in [2.75, 3.05) is 32.1 Å². The number of carboxylic acid groups (broad SMARTS) is 1. The van der Waals surface area contributed by atoms with Gasteiger partial charge in [0.15, 0.2) is 0 Å². The lowest BCUT2D eigenvalue weighted by Crippen LogP contribution is -2.37. The van der Waals surface area contributed by atoms with Gasteiger partial charge in [-0.2, -0.15) is 0 Å². The Labute approximate surface area is 122 Å². The summed E-state index contributed by atoms with van der Waals surface area (Å²) < 4.78 is 4.95. The van der Waals surface area contributed by atoms with Gasteiger partial charge in [-0.15, -0.1) is 11.3 Å². The predicted molar refractivity (Wildman–Crippen MR) is 78.9 cm³/mol. The van der Waals surface area contributed by atoms with E-state index in [1.165, 1.54) is 11.3 Å². The van der Waals surface area contributed by atoms with Crippen molar-refractivity contribution in [1.29, 1.82) is 0 Å². The van der Waals surface area contributed by atoms with Gasteiger partial charge in [0.25, 0.3) is 0 Å². The highest BCUT2D eigenvalue weighted by Gasteiger charge is 2.21. The molecule has 1 rings (SSSR count). The van der Waals surface area contributed by atoms with Gasteiger partial charge in [0.1, 0.15) is 5.00 Å². The fourth-order valence-electron chi connectivity index (χ4n) is 1.75. The fraction of sp³-hybridized carbons (Fsp3) is 0.538. The Hall–Kier alpha value is -1.60. The van der Waals surface area contributed by atoms with Crippen LogP contribution < -0.4 is 5.32 Å². The number of thiophene rings is 1. The zero-order valence-electron chi connectivity index (χ0n) is 12.1. The molecule has 0 saturated carbocycles. The lowest BCUT2D eigenvalue weighted by Gasteiger charge is -2.20. The summed E-state index contributed by atoms with van der Waals surface area (Å²) in [6.07, 6.45) is 0. The van der Waals surface area contributed by atoms with Crippen molar-refractivity contribution in [1.82, 2.24) is 4.90 Å². The van der Waals surface area contributed by atoms with E-state index in [4.69, 9.17) is 4.74 Å². The highest BCUT2D eigenvalue weighted by atomic mass is 32.1. The van der Waals surface area contributed by atoms with Crippen LogP contribution in [0.3, 0.4) is 0 Å². The number of ether oxygens (including phenoxy) is 1. The number of amides is 2. The van der Waals surface area contributed by atoms with Gasteiger partial charge >= 0.3 is 12.0 Å². The van der Waals surface area contributed by atoms with Gasteiger partial charge in [0.05, 0.1) is 12.2 Å². The summed E-state index contributed by atoms with van der Waals surface area (Å²) in [7, 11) is 1.57. The Balaban J connectivity index is 2.89. The molecule has 7 heteroatoms. The van der Waals surface area contributed by atoms with Crippen LogP contribution in [0.5, 0.6) is 0 Å². The highest BCUT2D eigenvalue weighted by molar-refractivity contribution is 7.16. The number of hydrogen-bond donors (Lipinski definition) is 2. The van der Waals surface area contributed by atoms with Crippen molar-refractivity contribution in [3.05, 3.63) is 16.0 Å². The molecule has 2 N–H and O–H groups in total. The molecule has 1 aromatic rings. The topological polar surface area (TPSA) is 78.9 Å². The third-order valence-electron chi connectivity index (χ3n) is 3.05. The van der Waals surface area contributed by atoms with Gasteiger partial charge in [0.2, 0.25) is 0 Å². The van der Waals surface area contributed by atoms with E-state index in [-0.39, 0.29) is 11.6 Å². The summed E-state index contributed by atoms with van der Waals surface area (Å²) in [5.41, 5.74) is 0.862. The van der Waals surface area contributed by atoms with Crippen molar-refractivity contribution in [2.45, 2.75) is 20.8 Å².